The van der Waals surface area contributed by atoms with E-state index in [1.54, 1.807) is 26.0 Å². The van der Waals surface area contributed by atoms with Crippen LogP contribution in [0.3, 0.4) is 0 Å². The van der Waals surface area contributed by atoms with Gasteiger partial charge < -0.3 is 36.5 Å². The number of likely N-dealkylation sites (N-methyl/N-ethyl adjacent to an activating group) is 1. The predicted molar refractivity (Wildman–Crippen MR) is 143 cm³/mol. The van der Waals surface area contributed by atoms with Gasteiger partial charge in [-0.25, -0.2) is 0 Å². The molecule has 37 heavy (non-hydrogen) atoms. The predicted octanol–water partition coefficient (Wildman–Crippen LogP) is 1.62. The second-order valence-corrected chi connectivity index (χ2v) is 9.91. The summed E-state index contributed by atoms with van der Waals surface area (Å²) >= 11 is 0. The fraction of sp³-hybridized carbons (Fsp3) is 0.423. The van der Waals surface area contributed by atoms with Crippen molar-refractivity contribution in [2.24, 2.45) is 16.8 Å². The zero-order chi connectivity index (χ0) is 26.7. The van der Waals surface area contributed by atoms with Gasteiger partial charge >= 0.3 is 0 Å². The monoisotopic (exact) mass is 532 g/mol. The van der Waals surface area contributed by atoms with Gasteiger partial charge in [0.15, 0.2) is 11.4 Å². The fourth-order valence-corrected chi connectivity index (χ4v) is 5.27. The number of aromatic hydroxyl groups is 2. The molecule has 2 aromatic rings. The molecule has 0 heterocycles. The minimum atomic E-state index is -2.55. The van der Waals surface area contributed by atoms with Crippen LogP contribution in [0, 0.1) is 19.8 Å². The highest BCUT2D eigenvalue weighted by atomic mass is 35.5. The van der Waals surface area contributed by atoms with Gasteiger partial charge in [-0.1, -0.05) is 12.1 Å². The van der Waals surface area contributed by atoms with Crippen molar-refractivity contribution in [1.82, 2.24) is 10.3 Å². The van der Waals surface area contributed by atoms with Crippen LogP contribution in [0.5, 0.6) is 11.5 Å². The van der Waals surface area contributed by atoms with Crippen molar-refractivity contribution in [2.75, 3.05) is 27.2 Å². The minimum absolute atomic E-state index is 0. The fourth-order valence-electron chi connectivity index (χ4n) is 5.27. The number of benzene rings is 2. The summed E-state index contributed by atoms with van der Waals surface area (Å²) in [6, 6.07) is 2.13. The lowest BCUT2D eigenvalue weighted by Crippen LogP contribution is -2.63. The third-order valence-corrected chi connectivity index (χ3v) is 7.41. The van der Waals surface area contributed by atoms with E-state index in [0.717, 1.165) is 0 Å². The van der Waals surface area contributed by atoms with Gasteiger partial charge in [0.2, 0.25) is 5.78 Å². The Labute approximate surface area is 220 Å². The largest absolute Gasteiger partial charge is 0.508 e. The number of nitrogens with zero attached hydrogens (tertiary/aromatic N) is 2. The standard InChI is InChI=1S/C26H32N4O6.ClH/c1-11-6-7-14-12(2)15-10-16-20(27)23(33)17(13(3)29-28-8-9-30(4)5)24(34)26(16,36)25(35)19(15)22(32)18(14)21(11)31;/h6-7,16,20,28,31-32,34,36H,8-10,27H2,1-5H3;1H/b29-13+;/t16-,20+,26+;/m0./s1. The molecule has 0 amide bonds. The molecule has 2 aliphatic rings. The number of nitrogens with two attached hydrogens (primary N) is 1. The molecule has 0 saturated heterocycles. The second kappa shape index (κ2) is 9.94. The first-order valence-corrected chi connectivity index (χ1v) is 11.7. The molecule has 7 N–H and O–H groups in total. The van der Waals surface area contributed by atoms with Gasteiger partial charge in [0.25, 0.3) is 0 Å². The summed E-state index contributed by atoms with van der Waals surface area (Å²) in [4.78, 5) is 29.0. The number of aryl methyl sites for hydroxylation is 2. The van der Waals surface area contributed by atoms with E-state index < -0.39 is 40.6 Å². The summed E-state index contributed by atoms with van der Waals surface area (Å²) in [6.45, 7) is 5.99. The van der Waals surface area contributed by atoms with Crippen LogP contribution in [-0.2, 0) is 11.2 Å². The molecule has 3 atom stereocenters. The van der Waals surface area contributed by atoms with Crippen LogP contribution in [0.15, 0.2) is 28.6 Å². The van der Waals surface area contributed by atoms with Crippen LogP contribution in [0.25, 0.3) is 10.8 Å². The van der Waals surface area contributed by atoms with Gasteiger partial charge in [0.05, 0.1) is 28.3 Å². The molecule has 0 unspecified atom stereocenters. The lowest BCUT2D eigenvalue weighted by Gasteiger charge is -2.45. The Balaban J connectivity index is 0.00000380. The van der Waals surface area contributed by atoms with E-state index in [2.05, 4.69) is 10.5 Å². The Kier molecular flexibility index (Phi) is 7.63. The van der Waals surface area contributed by atoms with E-state index in [1.807, 2.05) is 19.0 Å². The van der Waals surface area contributed by atoms with Crippen LogP contribution in [0.4, 0.5) is 0 Å². The number of hydrogen-bond acceptors (Lipinski definition) is 10. The van der Waals surface area contributed by atoms with E-state index in [-0.39, 0.29) is 46.8 Å². The Morgan fingerprint density at radius 3 is 2.46 bits per heavy atom. The van der Waals surface area contributed by atoms with Crippen LogP contribution < -0.4 is 11.2 Å². The van der Waals surface area contributed by atoms with Crippen LogP contribution >= 0.6 is 12.4 Å². The van der Waals surface area contributed by atoms with Crippen molar-refractivity contribution in [3.05, 3.63) is 45.7 Å². The Bertz CT molecular complexity index is 1370. The van der Waals surface area contributed by atoms with Crippen LogP contribution in [0.2, 0.25) is 0 Å². The Morgan fingerprint density at radius 1 is 1.19 bits per heavy atom. The molecule has 0 saturated carbocycles. The van der Waals surface area contributed by atoms with E-state index in [9.17, 15) is 30.0 Å². The zero-order valence-corrected chi connectivity index (χ0v) is 22.2. The van der Waals surface area contributed by atoms with Crippen molar-refractivity contribution in [3.63, 3.8) is 0 Å². The lowest BCUT2D eigenvalue weighted by atomic mass is 9.61. The first-order chi connectivity index (χ1) is 16.8. The maximum Gasteiger partial charge on any atom is 0.206 e. The molecule has 200 valence electrons. The minimum Gasteiger partial charge on any atom is -0.508 e. The second-order valence-electron chi connectivity index (χ2n) is 9.91. The first kappa shape index (κ1) is 28.4. The molecule has 2 aromatic carbocycles. The number of hydrazone groups is 1. The van der Waals surface area contributed by atoms with Crippen molar-refractivity contribution < 1.29 is 30.0 Å². The number of aliphatic hydroxyl groups is 2. The highest BCUT2D eigenvalue weighted by molar-refractivity contribution is 6.26. The molecule has 0 aromatic heterocycles. The number of hydrogen-bond donors (Lipinski definition) is 6. The molecule has 0 aliphatic heterocycles. The maximum absolute atomic E-state index is 13.8. The highest BCUT2D eigenvalue weighted by Crippen LogP contribution is 2.50. The number of carbonyl (C=O) groups excluding carboxylic acids is 2. The highest BCUT2D eigenvalue weighted by Gasteiger charge is 2.60. The number of nitrogens with one attached hydrogen (secondary N) is 1. The van der Waals surface area contributed by atoms with Gasteiger partial charge in [-0.15, -0.1) is 12.4 Å². The maximum atomic E-state index is 13.8. The average molecular weight is 533 g/mol. The topological polar surface area (TPSA) is 169 Å². The number of halogens is 1. The molecular formula is C26H33ClN4O6. The van der Waals surface area contributed by atoms with Crippen LogP contribution in [-0.4, -0.2) is 81.4 Å². The summed E-state index contributed by atoms with van der Waals surface area (Å²) in [5.74, 6) is -4.28. The molecule has 11 heteroatoms. The quantitative estimate of drug-likeness (QED) is 0.190. The molecule has 2 aliphatic carbocycles. The molecule has 0 bridgehead atoms. The number of phenols is 2. The van der Waals surface area contributed by atoms with E-state index in [4.69, 9.17) is 5.73 Å². The van der Waals surface area contributed by atoms with Gasteiger partial charge in [0.1, 0.15) is 17.3 Å². The van der Waals surface area contributed by atoms with Gasteiger partial charge in [-0.2, -0.15) is 5.10 Å². The molecule has 0 fully saturated rings. The number of phenolic OH excluding ortho intramolecular Hbond substituents is 2. The van der Waals surface area contributed by atoms with E-state index in [1.165, 1.54) is 6.92 Å². The average Bonchev–Trinajstić information content (AvgIpc) is 2.82. The Morgan fingerprint density at radius 2 is 1.84 bits per heavy atom. The smallest absolute Gasteiger partial charge is 0.206 e. The Hall–Kier alpha value is -3.18. The lowest BCUT2D eigenvalue weighted by molar-refractivity contribution is -0.122. The number of rotatable bonds is 5. The number of fused-ring (bicyclic) bond motifs is 3. The van der Waals surface area contributed by atoms with Gasteiger partial charge in [-0.3, -0.25) is 9.59 Å². The summed E-state index contributed by atoms with van der Waals surface area (Å²) in [7, 11) is 3.78. The third-order valence-electron chi connectivity index (χ3n) is 7.41. The normalized spacial score (nSPS) is 23.7. The number of ketones is 2. The van der Waals surface area contributed by atoms with Crippen molar-refractivity contribution in [3.8, 4) is 11.5 Å². The van der Waals surface area contributed by atoms with Crippen molar-refractivity contribution >= 4 is 40.5 Å². The zero-order valence-electron chi connectivity index (χ0n) is 21.4. The van der Waals surface area contributed by atoms with E-state index in [0.29, 0.717) is 35.2 Å². The SMILES string of the molecule is C/C(=N\NCCN(C)C)C1=C(O)[C@@]2(O)C(=O)c3c(c(C)c4ccc(C)c(O)c4c3O)C[C@H]2[C@@H](N)C1=O.Cl. The number of aliphatic hydroxyl groups excluding tert-OH is 1. The number of Topliss-reactive ketones (excluding diaryl/α,β-unsaturated/α-hetero) is 2. The molecule has 0 radical (unpaired) electrons. The van der Waals surface area contributed by atoms with Crippen molar-refractivity contribution in [2.45, 2.75) is 38.8 Å². The van der Waals surface area contributed by atoms with Crippen LogP contribution in [0.1, 0.15) is 34.0 Å². The van der Waals surface area contributed by atoms with Gasteiger partial charge in [-0.05, 0) is 63.4 Å². The summed E-state index contributed by atoms with van der Waals surface area (Å²) in [6.07, 6.45) is -0.0386. The number of carbonyl (C=O) groups is 2. The molecular weight excluding hydrogens is 500 g/mol. The third kappa shape index (κ3) is 4.14. The summed E-state index contributed by atoms with van der Waals surface area (Å²) < 4.78 is 0. The van der Waals surface area contributed by atoms with E-state index >= 15 is 0 Å². The summed E-state index contributed by atoms with van der Waals surface area (Å²) in [5, 5.41) is 49.4. The van der Waals surface area contributed by atoms with Crippen molar-refractivity contribution in [1.29, 1.82) is 0 Å². The summed E-state index contributed by atoms with van der Waals surface area (Å²) in [5.41, 5.74) is 7.60. The molecule has 0 spiro atoms. The van der Waals surface area contributed by atoms with Gasteiger partial charge in [0, 0.05) is 19.0 Å². The molecule has 10 nitrogen and oxygen atoms in total. The first-order valence-electron chi connectivity index (χ1n) is 11.7. The molecule has 4 rings (SSSR count).